The molecule has 0 bridgehead atoms. The number of carboxylic acid groups (broad SMARTS) is 1. The second-order valence-electron chi connectivity index (χ2n) is 4.18. The summed E-state index contributed by atoms with van der Waals surface area (Å²) in [6.45, 7) is 2.62. The zero-order valence-electron chi connectivity index (χ0n) is 11.0. The number of nitrogens with one attached hydrogen (secondary N) is 1. The fourth-order valence-corrected chi connectivity index (χ4v) is 1.75. The van der Waals surface area contributed by atoms with Crippen molar-refractivity contribution in [1.82, 2.24) is 4.90 Å². The molecule has 1 amide bonds. The molecule has 5 nitrogen and oxygen atoms in total. The summed E-state index contributed by atoms with van der Waals surface area (Å²) < 4.78 is 13.5. The average molecular weight is 303 g/mol. The van der Waals surface area contributed by atoms with Crippen molar-refractivity contribution in [2.75, 3.05) is 25.0 Å². The number of nitrogens with zero attached hydrogens (tertiary/aromatic N) is 1. The van der Waals surface area contributed by atoms with Crippen molar-refractivity contribution in [3.05, 3.63) is 29.0 Å². The second kappa shape index (κ2) is 7.81. The Labute approximate surface area is 121 Å². The number of hydrogen-bond donors (Lipinski definition) is 2. The Hall–Kier alpha value is -1.66. The molecule has 0 aliphatic carbocycles. The quantitative estimate of drug-likeness (QED) is 0.810. The number of halogens is 2. The third-order valence-electron chi connectivity index (χ3n) is 2.66. The number of carboxylic acids is 1. The number of anilines is 1. The number of amides is 1. The molecule has 1 aromatic rings. The van der Waals surface area contributed by atoms with Gasteiger partial charge in [0.15, 0.2) is 0 Å². The molecular formula is C13H16ClFN2O3. The van der Waals surface area contributed by atoms with Crippen LogP contribution in [0.15, 0.2) is 18.2 Å². The van der Waals surface area contributed by atoms with E-state index >= 15 is 0 Å². The van der Waals surface area contributed by atoms with Crippen LogP contribution in [0.4, 0.5) is 10.1 Å². The van der Waals surface area contributed by atoms with Crippen LogP contribution in [0, 0.1) is 5.82 Å². The van der Waals surface area contributed by atoms with E-state index in [0.29, 0.717) is 6.54 Å². The summed E-state index contributed by atoms with van der Waals surface area (Å²) in [5, 5.41) is 11.3. The van der Waals surface area contributed by atoms with Gasteiger partial charge >= 0.3 is 5.97 Å². The van der Waals surface area contributed by atoms with Gasteiger partial charge in [0.1, 0.15) is 5.82 Å². The molecular weight excluding hydrogens is 287 g/mol. The molecule has 0 saturated heterocycles. The highest BCUT2D eigenvalue weighted by molar-refractivity contribution is 6.30. The lowest BCUT2D eigenvalue weighted by Gasteiger charge is -2.18. The van der Waals surface area contributed by atoms with E-state index in [0.717, 1.165) is 6.07 Å². The number of carbonyl (C=O) groups excluding carboxylic acids is 1. The Bertz CT molecular complexity index is 497. The Morgan fingerprint density at radius 2 is 2.15 bits per heavy atom. The zero-order chi connectivity index (χ0) is 15.1. The smallest absolute Gasteiger partial charge is 0.304 e. The van der Waals surface area contributed by atoms with Crippen molar-refractivity contribution >= 4 is 29.2 Å². The normalized spacial score (nSPS) is 10.6. The van der Waals surface area contributed by atoms with E-state index in [1.807, 2.05) is 6.92 Å². The molecule has 110 valence electrons. The maximum absolute atomic E-state index is 13.5. The lowest BCUT2D eigenvalue weighted by molar-refractivity contribution is -0.137. The number of aliphatic carboxylic acids is 1. The van der Waals surface area contributed by atoms with Crippen molar-refractivity contribution in [2.24, 2.45) is 0 Å². The minimum atomic E-state index is -0.924. The molecule has 0 saturated carbocycles. The predicted molar refractivity (Wildman–Crippen MR) is 74.4 cm³/mol. The van der Waals surface area contributed by atoms with Crippen molar-refractivity contribution in [2.45, 2.75) is 13.3 Å². The van der Waals surface area contributed by atoms with Gasteiger partial charge in [0, 0.05) is 11.6 Å². The van der Waals surface area contributed by atoms with E-state index in [1.54, 1.807) is 4.90 Å². The van der Waals surface area contributed by atoms with Gasteiger partial charge < -0.3 is 10.4 Å². The minimum Gasteiger partial charge on any atom is -0.481 e. The highest BCUT2D eigenvalue weighted by Crippen LogP contribution is 2.18. The Kier molecular flexibility index (Phi) is 6.41. The van der Waals surface area contributed by atoms with Crippen LogP contribution in [0.3, 0.4) is 0 Å². The lowest BCUT2D eigenvalue weighted by atomic mass is 10.3. The summed E-state index contributed by atoms with van der Waals surface area (Å²) in [5.74, 6) is -1.94. The van der Waals surface area contributed by atoms with E-state index in [9.17, 15) is 14.0 Å². The molecule has 0 radical (unpaired) electrons. The van der Waals surface area contributed by atoms with Crippen LogP contribution in [0.1, 0.15) is 13.3 Å². The average Bonchev–Trinajstić information content (AvgIpc) is 2.37. The SMILES string of the molecule is CCN(CCC(=O)O)CC(=O)Nc1ccc(Cl)cc1F. The van der Waals surface area contributed by atoms with E-state index in [2.05, 4.69) is 5.32 Å². The summed E-state index contributed by atoms with van der Waals surface area (Å²) in [6.07, 6.45) is -0.0452. The number of hydrogen-bond acceptors (Lipinski definition) is 3. The molecule has 0 aliphatic rings. The van der Waals surface area contributed by atoms with Crippen LogP contribution < -0.4 is 5.32 Å². The molecule has 0 unspecified atom stereocenters. The van der Waals surface area contributed by atoms with Gasteiger partial charge in [0.25, 0.3) is 0 Å². The standard InChI is InChI=1S/C13H16ClFN2O3/c1-2-17(6-5-13(19)20)8-12(18)16-11-4-3-9(14)7-10(11)15/h3-4,7H,2,5-6,8H2,1H3,(H,16,18)(H,19,20). The van der Waals surface area contributed by atoms with Gasteiger partial charge in [-0.15, -0.1) is 0 Å². The molecule has 0 atom stereocenters. The van der Waals surface area contributed by atoms with Gasteiger partial charge in [0.2, 0.25) is 5.91 Å². The number of carbonyl (C=O) groups is 2. The van der Waals surface area contributed by atoms with Gasteiger partial charge in [-0.05, 0) is 24.7 Å². The Balaban J connectivity index is 2.55. The van der Waals surface area contributed by atoms with Crippen LogP contribution in [-0.2, 0) is 9.59 Å². The molecule has 1 aromatic carbocycles. The van der Waals surface area contributed by atoms with E-state index in [4.69, 9.17) is 16.7 Å². The van der Waals surface area contributed by atoms with Crippen molar-refractivity contribution in [3.63, 3.8) is 0 Å². The fourth-order valence-electron chi connectivity index (χ4n) is 1.59. The largest absolute Gasteiger partial charge is 0.481 e. The first-order valence-corrected chi connectivity index (χ1v) is 6.49. The third kappa shape index (κ3) is 5.54. The summed E-state index contributed by atoms with van der Waals surface area (Å²) in [6, 6.07) is 3.96. The van der Waals surface area contributed by atoms with E-state index < -0.39 is 17.7 Å². The number of rotatable bonds is 7. The predicted octanol–water partition coefficient (Wildman–Crippen LogP) is 2.21. The lowest BCUT2D eigenvalue weighted by Crippen LogP contribution is -2.34. The Morgan fingerprint density at radius 3 is 2.70 bits per heavy atom. The van der Waals surface area contributed by atoms with Crippen molar-refractivity contribution in [1.29, 1.82) is 0 Å². The van der Waals surface area contributed by atoms with Gasteiger partial charge in [0.05, 0.1) is 18.7 Å². The Morgan fingerprint density at radius 1 is 1.45 bits per heavy atom. The number of likely N-dealkylation sites (N-methyl/N-ethyl adjacent to an activating group) is 1. The van der Waals surface area contributed by atoms with Crippen molar-refractivity contribution in [3.8, 4) is 0 Å². The van der Waals surface area contributed by atoms with Gasteiger partial charge in [-0.25, -0.2) is 4.39 Å². The molecule has 2 N–H and O–H groups in total. The van der Waals surface area contributed by atoms with Crippen molar-refractivity contribution < 1.29 is 19.1 Å². The maximum atomic E-state index is 13.5. The first-order chi connectivity index (χ1) is 9.42. The summed E-state index contributed by atoms with van der Waals surface area (Å²) in [7, 11) is 0. The topological polar surface area (TPSA) is 69.6 Å². The van der Waals surface area contributed by atoms with Crippen LogP contribution in [0.5, 0.6) is 0 Å². The highest BCUT2D eigenvalue weighted by Gasteiger charge is 2.12. The monoisotopic (exact) mass is 302 g/mol. The van der Waals surface area contributed by atoms with Gasteiger partial charge in [-0.1, -0.05) is 18.5 Å². The fraction of sp³-hybridized carbons (Fsp3) is 0.385. The first-order valence-electron chi connectivity index (χ1n) is 6.11. The molecule has 0 heterocycles. The minimum absolute atomic E-state index is 0.00580. The van der Waals surface area contributed by atoms with Crippen LogP contribution >= 0.6 is 11.6 Å². The molecule has 0 spiro atoms. The molecule has 0 aliphatic heterocycles. The van der Waals surface area contributed by atoms with Crippen LogP contribution in [-0.4, -0.2) is 41.5 Å². The van der Waals surface area contributed by atoms with Gasteiger partial charge in [-0.2, -0.15) is 0 Å². The molecule has 0 aromatic heterocycles. The molecule has 1 rings (SSSR count). The van der Waals surface area contributed by atoms with Crippen LogP contribution in [0.2, 0.25) is 5.02 Å². The summed E-state index contributed by atoms with van der Waals surface area (Å²) >= 11 is 5.61. The third-order valence-corrected chi connectivity index (χ3v) is 2.90. The van der Waals surface area contributed by atoms with Gasteiger partial charge in [-0.3, -0.25) is 14.5 Å². The highest BCUT2D eigenvalue weighted by atomic mass is 35.5. The second-order valence-corrected chi connectivity index (χ2v) is 4.62. The van der Waals surface area contributed by atoms with E-state index in [1.165, 1.54) is 12.1 Å². The number of benzene rings is 1. The first kappa shape index (κ1) is 16.4. The summed E-state index contributed by atoms with van der Waals surface area (Å²) in [5.41, 5.74) is 0.0497. The summed E-state index contributed by atoms with van der Waals surface area (Å²) in [4.78, 5) is 23.9. The molecule has 7 heteroatoms. The van der Waals surface area contributed by atoms with E-state index in [-0.39, 0.29) is 30.2 Å². The van der Waals surface area contributed by atoms with Crippen LogP contribution in [0.25, 0.3) is 0 Å². The molecule has 20 heavy (non-hydrogen) atoms. The zero-order valence-corrected chi connectivity index (χ0v) is 11.8. The maximum Gasteiger partial charge on any atom is 0.304 e. The molecule has 0 fully saturated rings.